The van der Waals surface area contributed by atoms with Crippen molar-refractivity contribution in [2.24, 2.45) is 0 Å². The van der Waals surface area contributed by atoms with Gasteiger partial charge in [0.25, 0.3) is 5.69 Å². The third-order valence-corrected chi connectivity index (χ3v) is 4.75. The average Bonchev–Trinajstić information content (AvgIpc) is 3.10. The summed E-state index contributed by atoms with van der Waals surface area (Å²) in [5.74, 6) is 0.733. The molecule has 0 unspecified atom stereocenters. The number of benzene rings is 1. The van der Waals surface area contributed by atoms with Crippen molar-refractivity contribution in [2.45, 2.75) is 6.67 Å². The molecular formula is C18H17N7O2. The van der Waals surface area contributed by atoms with Crippen molar-refractivity contribution >= 4 is 22.4 Å². The second-order valence-corrected chi connectivity index (χ2v) is 6.38. The number of hydrogen-bond donors (Lipinski definition) is 0. The van der Waals surface area contributed by atoms with Gasteiger partial charge in [0.1, 0.15) is 11.9 Å². The Labute approximate surface area is 155 Å². The molecule has 0 bridgehead atoms. The van der Waals surface area contributed by atoms with E-state index in [1.165, 1.54) is 6.07 Å². The number of pyridine rings is 1. The molecule has 0 spiro atoms. The Morgan fingerprint density at radius 1 is 1.22 bits per heavy atom. The molecule has 3 heterocycles. The maximum atomic E-state index is 10.9. The summed E-state index contributed by atoms with van der Waals surface area (Å²) >= 11 is 0. The van der Waals surface area contributed by atoms with Gasteiger partial charge in [-0.05, 0) is 18.2 Å². The highest BCUT2D eigenvalue weighted by atomic mass is 16.6. The number of non-ortho nitro benzene ring substituents is 1. The number of fused-ring (bicyclic) bond motifs is 1. The Balaban J connectivity index is 1.44. The Kier molecular flexibility index (Phi) is 4.40. The molecule has 0 N–H and O–H groups in total. The molecular weight excluding hydrogens is 346 g/mol. The average molecular weight is 363 g/mol. The molecule has 1 aliphatic heterocycles. The highest BCUT2D eigenvalue weighted by molar-refractivity contribution is 5.81. The first-order chi connectivity index (χ1) is 13.2. The van der Waals surface area contributed by atoms with Crippen LogP contribution in [-0.4, -0.2) is 50.8 Å². The second kappa shape index (κ2) is 7.01. The summed E-state index contributed by atoms with van der Waals surface area (Å²) in [6.07, 6.45) is 3.36. The number of anilines is 1. The third kappa shape index (κ3) is 3.30. The molecule has 1 saturated heterocycles. The minimum atomic E-state index is -0.400. The summed E-state index contributed by atoms with van der Waals surface area (Å²) in [7, 11) is 0. The van der Waals surface area contributed by atoms with Crippen LogP contribution in [0.25, 0.3) is 10.9 Å². The minimum Gasteiger partial charge on any atom is -0.353 e. The van der Waals surface area contributed by atoms with Crippen LogP contribution < -0.4 is 4.90 Å². The van der Waals surface area contributed by atoms with Crippen LogP contribution in [0.15, 0.2) is 42.7 Å². The second-order valence-electron chi connectivity index (χ2n) is 6.38. The lowest BCUT2D eigenvalue weighted by Crippen LogP contribution is -2.47. The predicted octanol–water partition coefficient (Wildman–Crippen LogP) is 1.99. The smallest absolute Gasteiger partial charge is 0.270 e. The Morgan fingerprint density at radius 2 is 2.04 bits per heavy atom. The summed E-state index contributed by atoms with van der Waals surface area (Å²) in [4.78, 5) is 19.2. The normalized spacial score (nSPS) is 15.0. The van der Waals surface area contributed by atoms with Gasteiger partial charge in [0.15, 0.2) is 0 Å². The molecule has 9 nitrogen and oxygen atoms in total. The number of rotatable bonds is 4. The van der Waals surface area contributed by atoms with E-state index in [9.17, 15) is 15.4 Å². The van der Waals surface area contributed by atoms with Gasteiger partial charge < -0.3 is 4.90 Å². The molecule has 1 fully saturated rings. The van der Waals surface area contributed by atoms with Gasteiger partial charge in [0, 0.05) is 49.9 Å². The van der Waals surface area contributed by atoms with E-state index in [0.29, 0.717) is 12.2 Å². The summed E-state index contributed by atoms with van der Waals surface area (Å²) in [6, 6.07) is 10.5. The van der Waals surface area contributed by atoms with E-state index in [0.717, 1.165) is 42.9 Å². The van der Waals surface area contributed by atoms with Crippen molar-refractivity contribution in [1.29, 1.82) is 5.26 Å². The first-order valence-electron chi connectivity index (χ1n) is 8.58. The molecule has 2 aromatic heterocycles. The van der Waals surface area contributed by atoms with Crippen molar-refractivity contribution in [1.82, 2.24) is 19.7 Å². The molecule has 27 heavy (non-hydrogen) atoms. The Morgan fingerprint density at radius 3 is 2.78 bits per heavy atom. The molecule has 1 aromatic carbocycles. The van der Waals surface area contributed by atoms with Crippen LogP contribution in [0, 0.1) is 21.4 Å². The van der Waals surface area contributed by atoms with Gasteiger partial charge in [0.05, 0.1) is 28.9 Å². The lowest BCUT2D eigenvalue weighted by atomic mass is 10.2. The molecule has 9 heteroatoms. The zero-order valence-electron chi connectivity index (χ0n) is 14.5. The highest BCUT2D eigenvalue weighted by Crippen LogP contribution is 2.22. The summed E-state index contributed by atoms with van der Waals surface area (Å²) in [6.45, 7) is 3.79. The van der Waals surface area contributed by atoms with Crippen LogP contribution in [0.1, 0.15) is 5.56 Å². The number of aromatic nitrogens is 3. The van der Waals surface area contributed by atoms with E-state index in [2.05, 4.69) is 26.0 Å². The van der Waals surface area contributed by atoms with Gasteiger partial charge in [-0.25, -0.2) is 4.98 Å². The largest absolute Gasteiger partial charge is 0.353 e. The minimum absolute atomic E-state index is 0.0688. The van der Waals surface area contributed by atoms with E-state index in [-0.39, 0.29) is 5.69 Å². The number of hydrogen-bond acceptors (Lipinski definition) is 7. The quantitative estimate of drug-likeness (QED) is 0.516. The van der Waals surface area contributed by atoms with Crippen molar-refractivity contribution < 1.29 is 4.92 Å². The molecule has 0 radical (unpaired) electrons. The first kappa shape index (κ1) is 16.9. The van der Waals surface area contributed by atoms with E-state index in [4.69, 9.17) is 0 Å². The topological polar surface area (TPSA) is 104 Å². The molecule has 4 rings (SSSR count). The fourth-order valence-corrected chi connectivity index (χ4v) is 3.33. The zero-order chi connectivity index (χ0) is 18.8. The first-order valence-corrected chi connectivity index (χ1v) is 8.58. The van der Waals surface area contributed by atoms with Crippen LogP contribution in [0.2, 0.25) is 0 Å². The predicted molar refractivity (Wildman–Crippen MR) is 99.1 cm³/mol. The zero-order valence-corrected chi connectivity index (χ0v) is 14.5. The maximum Gasteiger partial charge on any atom is 0.270 e. The SMILES string of the molecule is N#Cc1cccnc1N1CCN(Cn2ncc3cc([N+](=O)[O-])ccc32)CC1. The van der Waals surface area contributed by atoms with Crippen LogP contribution in [0.4, 0.5) is 11.5 Å². The van der Waals surface area contributed by atoms with Gasteiger partial charge >= 0.3 is 0 Å². The van der Waals surface area contributed by atoms with Gasteiger partial charge in [-0.1, -0.05) is 0 Å². The molecule has 3 aromatic rings. The van der Waals surface area contributed by atoms with E-state index in [1.54, 1.807) is 36.7 Å². The van der Waals surface area contributed by atoms with Gasteiger partial charge in [-0.15, -0.1) is 0 Å². The molecule has 0 saturated carbocycles. The van der Waals surface area contributed by atoms with Crippen LogP contribution in [0.3, 0.4) is 0 Å². The van der Waals surface area contributed by atoms with Crippen LogP contribution in [-0.2, 0) is 6.67 Å². The number of nitro groups is 1. The van der Waals surface area contributed by atoms with E-state index >= 15 is 0 Å². The molecule has 0 atom stereocenters. The monoisotopic (exact) mass is 363 g/mol. The molecule has 0 aliphatic carbocycles. The molecule has 0 amide bonds. The fraction of sp³-hybridized carbons (Fsp3) is 0.278. The Hall–Kier alpha value is -3.51. The number of nitrogens with zero attached hydrogens (tertiary/aromatic N) is 7. The molecule has 1 aliphatic rings. The highest BCUT2D eigenvalue weighted by Gasteiger charge is 2.21. The summed E-state index contributed by atoms with van der Waals surface area (Å²) < 4.78 is 1.86. The lowest BCUT2D eigenvalue weighted by molar-refractivity contribution is -0.384. The maximum absolute atomic E-state index is 10.9. The number of piperazine rings is 1. The van der Waals surface area contributed by atoms with E-state index in [1.807, 2.05) is 4.68 Å². The lowest BCUT2D eigenvalue weighted by Gasteiger charge is -2.35. The van der Waals surface area contributed by atoms with Gasteiger partial charge in [0.2, 0.25) is 0 Å². The van der Waals surface area contributed by atoms with Crippen molar-refractivity contribution in [3.63, 3.8) is 0 Å². The van der Waals surface area contributed by atoms with Crippen molar-refractivity contribution in [3.8, 4) is 6.07 Å². The van der Waals surface area contributed by atoms with Gasteiger partial charge in [-0.3, -0.25) is 19.7 Å². The summed E-state index contributed by atoms with van der Waals surface area (Å²) in [5, 5.41) is 25.3. The van der Waals surface area contributed by atoms with Crippen LogP contribution in [0.5, 0.6) is 0 Å². The third-order valence-electron chi connectivity index (χ3n) is 4.75. The van der Waals surface area contributed by atoms with Gasteiger partial charge in [-0.2, -0.15) is 10.4 Å². The van der Waals surface area contributed by atoms with Crippen molar-refractivity contribution in [3.05, 3.63) is 58.4 Å². The molecule has 136 valence electrons. The van der Waals surface area contributed by atoms with E-state index < -0.39 is 4.92 Å². The Bertz CT molecular complexity index is 1030. The number of nitriles is 1. The summed E-state index contributed by atoms with van der Waals surface area (Å²) in [5.41, 5.74) is 1.53. The standard InChI is InChI=1S/C18H17N7O2/c19-11-14-2-1-5-20-18(14)23-8-6-22(7-9-23)13-24-17-4-3-16(25(26)27)10-15(17)12-21-24/h1-5,10,12H,6-9,13H2. The van der Waals surface area contributed by atoms with Crippen LogP contribution >= 0.6 is 0 Å². The number of nitro benzene ring substituents is 1. The fourth-order valence-electron chi connectivity index (χ4n) is 3.33. The van der Waals surface area contributed by atoms with Crippen molar-refractivity contribution in [2.75, 3.05) is 31.1 Å².